The van der Waals surface area contributed by atoms with Gasteiger partial charge in [0.25, 0.3) is 0 Å². The lowest BCUT2D eigenvalue weighted by atomic mass is 10.1. The third-order valence-electron chi connectivity index (χ3n) is 4.92. The van der Waals surface area contributed by atoms with Crippen LogP contribution in [0.4, 0.5) is 10.1 Å². The first-order valence-electron chi connectivity index (χ1n) is 9.56. The molecule has 7 nitrogen and oxygen atoms in total. The molecule has 0 aliphatic rings. The lowest BCUT2D eigenvalue weighted by Crippen LogP contribution is -2.17. The molecule has 4 rings (SSSR count). The molecule has 0 spiro atoms. The van der Waals surface area contributed by atoms with E-state index < -0.39 is 11.7 Å². The van der Waals surface area contributed by atoms with Crippen LogP contribution in [-0.4, -0.2) is 36.8 Å². The summed E-state index contributed by atoms with van der Waals surface area (Å²) in [6.45, 7) is 0. The largest absolute Gasteiger partial charge is 0.350 e. The highest BCUT2D eigenvalue weighted by atomic mass is 32.2. The Hall–Kier alpha value is -3.46. The van der Waals surface area contributed by atoms with Crippen LogP contribution in [0.2, 0.25) is 0 Å². The number of amides is 1. The summed E-state index contributed by atoms with van der Waals surface area (Å²) in [5.74, 6) is -0.292. The second kappa shape index (κ2) is 8.73. The summed E-state index contributed by atoms with van der Waals surface area (Å²) < 4.78 is 17.3. The number of hydrogen-bond donors (Lipinski definition) is 1. The molecule has 2 heterocycles. The average Bonchev–Trinajstić information content (AvgIpc) is 3.28. The van der Waals surface area contributed by atoms with E-state index in [9.17, 15) is 14.0 Å². The third kappa shape index (κ3) is 4.36. The lowest BCUT2D eigenvalue weighted by molar-refractivity contribution is -0.115. The summed E-state index contributed by atoms with van der Waals surface area (Å²) in [6.07, 6.45) is 1.78. The maximum atomic E-state index is 13.7. The number of benzene rings is 2. The van der Waals surface area contributed by atoms with Crippen LogP contribution in [0.3, 0.4) is 0 Å². The van der Waals surface area contributed by atoms with Crippen molar-refractivity contribution >= 4 is 40.0 Å². The summed E-state index contributed by atoms with van der Waals surface area (Å²) in [4.78, 5) is 25.0. The number of hydrogen-bond acceptors (Lipinski definition) is 5. The van der Waals surface area contributed by atoms with Crippen LogP contribution in [0.25, 0.3) is 10.9 Å². The molecule has 0 aliphatic carbocycles. The Bertz CT molecular complexity index is 1280. The molecule has 0 unspecified atom stereocenters. The predicted octanol–water partition coefficient (Wildman–Crippen LogP) is 3.60. The molecule has 1 amide bonds. The van der Waals surface area contributed by atoms with Crippen molar-refractivity contribution in [3.8, 4) is 0 Å². The first-order valence-corrected chi connectivity index (χ1v) is 10.6. The summed E-state index contributed by atoms with van der Waals surface area (Å²) in [6, 6.07) is 13.7. The van der Waals surface area contributed by atoms with Crippen LogP contribution >= 0.6 is 11.8 Å². The Morgan fingerprint density at radius 1 is 1.06 bits per heavy atom. The van der Waals surface area contributed by atoms with E-state index in [1.54, 1.807) is 23.7 Å². The van der Waals surface area contributed by atoms with Crippen LogP contribution < -0.4 is 5.32 Å². The Labute approximate surface area is 182 Å². The molecule has 0 atom stereocenters. The van der Waals surface area contributed by atoms with Crippen LogP contribution in [0, 0.1) is 5.82 Å². The molecule has 4 aromatic rings. The molecule has 0 bridgehead atoms. The zero-order valence-electron chi connectivity index (χ0n) is 17.0. The molecular weight excluding hydrogens is 417 g/mol. The number of nitrogens with one attached hydrogen (secondary N) is 1. The second-order valence-electron chi connectivity index (χ2n) is 7.05. The van der Waals surface area contributed by atoms with E-state index in [1.807, 2.05) is 42.1 Å². The van der Waals surface area contributed by atoms with Crippen LogP contribution in [-0.2, 0) is 25.3 Å². The van der Waals surface area contributed by atoms with E-state index in [1.165, 1.54) is 23.9 Å². The van der Waals surface area contributed by atoms with Gasteiger partial charge >= 0.3 is 0 Å². The molecule has 2 aromatic heterocycles. The van der Waals surface area contributed by atoms with Gasteiger partial charge in [-0.3, -0.25) is 9.59 Å². The predicted molar refractivity (Wildman–Crippen MR) is 118 cm³/mol. The van der Waals surface area contributed by atoms with Gasteiger partial charge in [0.05, 0.1) is 17.9 Å². The number of rotatable bonds is 7. The maximum Gasteiger partial charge on any atom is 0.232 e. The minimum atomic E-state index is -0.503. The Morgan fingerprint density at radius 2 is 1.81 bits per heavy atom. The second-order valence-corrected chi connectivity index (χ2v) is 7.99. The maximum absolute atomic E-state index is 13.7. The third-order valence-corrected chi connectivity index (χ3v) is 5.94. The van der Waals surface area contributed by atoms with Gasteiger partial charge in [-0.1, -0.05) is 42.1 Å². The number of thioether (sulfide) groups is 1. The first kappa shape index (κ1) is 20.8. The van der Waals surface area contributed by atoms with E-state index in [4.69, 9.17) is 0 Å². The molecule has 2 aromatic carbocycles. The van der Waals surface area contributed by atoms with E-state index >= 15 is 0 Å². The average molecular weight is 438 g/mol. The molecule has 0 radical (unpaired) electrons. The highest BCUT2D eigenvalue weighted by Gasteiger charge is 2.18. The number of aromatic nitrogens is 4. The lowest BCUT2D eigenvalue weighted by Gasteiger charge is -2.06. The molecule has 0 fully saturated rings. The van der Waals surface area contributed by atoms with Crippen molar-refractivity contribution in [2.75, 3.05) is 11.1 Å². The normalized spacial score (nSPS) is 11.1. The summed E-state index contributed by atoms with van der Waals surface area (Å²) >= 11 is 1.26. The molecule has 31 heavy (non-hydrogen) atoms. The van der Waals surface area contributed by atoms with Crippen LogP contribution in [0.5, 0.6) is 0 Å². The van der Waals surface area contributed by atoms with Crippen LogP contribution in [0.1, 0.15) is 16.2 Å². The number of carbonyl (C=O) groups excluding carboxylic acids is 2. The topological polar surface area (TPSA) is 81.8 Å². The standard InChI is InChI=1S/C22H20FN5O2S/c1-27-12-15(14-7-3-6-10-18(14)27)19(29)13-31-22-26-25-20(28(22)2)11-21(30)24-17-9-5-4-8-16(17)23/h3-10,12H,11,13H2,1-2H3,(H,24,30). The van der Waals surface area contributed by atoms with Crippen molar-refractivity contribution in [2.45, 2.75) is 11.6 Å². The van der Waals surface area contributed by atoms with Gasteiger partial charge in [0.1, 0.15) is 11.6 Å². The highest BCUT2D eigenvalue weighted by Crippen LogP contribution is 2.24. The van der Waals surface area contributed by atoms with Crippen molar-refractivity contribution < 1.29 is 14.0 Å². The molecule has 9 heteroatoms. The van der Waals surface area contributed by atoms with Gasteiger partial charge in [0, 0.05) is 36.8 Å². The van der Waals surface area contributed by atoms with E-state index in [0.717, 1.165) is 10.9 Å². The van der Waals surface area contributed by atoms with E-state index in [0.29, 0.717) is 16.5 Å². The van der Waals surface area contributed by atoms with E-state index in [-0.39, 0.29) is 23.6 Å². The van der Waals surface area contributed by atoms with E-state index in [2.05, 4.69) is 15.5 Å². The number of fused-ring (bicyclic) bond motifs is 1. The van der Waals surface area contributed by atoms with Gasteiger partial charge < -0.3 is 14.5 Å². The minimum Gasteiger partial charge on any atom is -0.350 e. The van der Waals surface area contributed by atoms with Crippen molar-refractivity contribution in [3.05, 3.63) is 71.9 Å². The number of Topliss-reactive ketones (excluding diaryl/α,β-unsaturated/α-hetero) is 1. The van der Waals surface area contributed by atoms with Gasteiger partial charge in [0.15, 0.2) is 10.9 Å². The van der Waals surface area contributed by atoms with Crippen molar-refractivity contribution in [3.63, 3.8) is 0 Å². The van der Waals surface area contributed by atoms with Gasteiger partial charge in [-0.15, -0.1) is 10.2 Å². The summed E-state index contributed by atoms with van der Waals surface area (Å²) in [7, 11) is 3.64. The fourth-order valence-electron chi connectivity index (χ4n) is 3.30. The number of para-hydroxylation sites is 2. The summed E-state index contributed by atoms with van der Waals surface area (Å²) in [5.41, 5.74) is 1.78. The van der Waals surface area contributed by atoms with Crippen molar-refractivity contribution in [1.29, 1.82) is 0 Å². The van der Waals surface area contributed by atoms with Crippen molar-refractivity contribution in [1.82, 2.24) is 19.3 Å². The Morgan fingerprint density at radius 3 is 2.61 bits per heavy atom. The Kier molecular flexibility index (Phi) is 5.85. The highest BCUT2D eigenvalue weighted by molar-refractivity contribution is 7.99. The van der Waals surface area contributed by atoms with Crippen LogP contribution in [0.15, 0.2) is 59.9 Å². The van der Waals surface area contributed by atoms with Gasteiger partial charge in [-0.25, -0.2) is 4.39 Å². The SMILES string of the molecule is Cn1c(CC(=O)Nc2ccccc2F)nnc1SCC(=O)c1cn(C)c2ccccc12. The summed E-state index contributed by atoms with van der Waals surface area (Å²) in [5, 5.41) is 12.1. The molecular formula is C22H20FN5O2S. The Balaban J connectivity index is 1.41. The first-order chi connectivity index (χ1) is 14.9. The number of halogens is 1. The fraction of sp³-hybridized carbons (Fsp3) is 0.182. The smallest absolute Gasteiger partial charge is 0.232 e. The zero-order chi connectivity index (χ0) is 22.0. The number of anilines is 1. The molecule has 1 N–H and O–H groups in total. The molecule has 0 saturated carbocycles. The molecule has 0 saturated heterocycles. The van der Waals surface area contributed by atoms with Gasteiger partial charge in [-0.05, 0) is 18.2 Å². The molecule has 0 aliphatic heterocycles. The number of nitrogens with zero attached hydrogens (tertiary/aromatic N) is 4. The molecule has 158 valence electrons. The number of aryl methyl sites for hydroxylation is 1. The quantitative estimate of drug-likeness (QED) is 0.353. The minimum absolute atomic E-state index is 0.0105. The monoisotopic (exact) mass is 437 g/mol. The van der Waals surface area contributed by atoms with Crippen molar-refractivity contribution in [2.24, 2.45) is 14.1 Å². The van der Waals surface area contributed by atoms with Gasteiger partial charge in [-0.2, -0.15) is 0 Å². The number of carbonyl (C=O) groups is 2. The number of ketones is 1. The van der Waals surface area contributed by atoms with Gasteiger partial charge in [0.2, 0.25) is 5.91 Å². The zero-order valence-corrected chi connectivity index (χ0v) is 17.8. The fourth-order valence-corrected chi connectivity index (χ4v) is 4.11.